The van der Waals surface area contributed by atoms with Gasteiger partial charge in [-0.3, -0.25) is 0 Å². The summed E-state index contributed by atoms with van der Waals surface area (Å²) in [5, 5.41) is 59.9. The Morgan fingerprint density at radius 2 is 0.417 bits per heavy atom. The monoisotopic (exact) mass is 480 g/mol. The lowest BCUT2D eigenvalue weighted by atomic mass is 10.1. The average molecular weight is 480 g/mol. The van der Waals surface area contributed by atoms with E-state index in [-0.39, 0.29) is 101 Å². The van der Waals surface area contributed by atoms with E-state index in [9.17, 15) is 30.6 Å². The van der Waals surface area contributed by atoms with Gasteiger partial charge in [0.15, 0.2) is 34.5 Å². The highest BCUT2D eigenvalue weighted by molar-refractivity contribution is 6.21. The molecule has 7 rings (SSSR count). The quantitative estimate of drug-likeness (QED) is 0.105. The van der Waals surface area contributed by atoms with Crippen LogP contribution in [-0.2, 0) is 0 Å². The Morgan fingerprint density at radius 3 is 0.556 bits per heavy atom. The van der Waals surface area contributed by atoms with Crippen molar-refractivity contribution in [1.82, 2.24) is 29.9 Å². The maximum atomic E-state index is 9.98. The molecule has 6 N–H and O–H groups in total. The lowest BCUT2D eigenvalue weighted by Gasteiger charge is -2.11. The molecule has 12 nitrogen and oxygen atoms in total. The third-order valence-corrected chi connectivity index (χ3v) is 5.95. The van der Waals surface area contributed by atoms with E-state index < -0.39 is 0 Å². The summed E-state index contributed by atoms with van der Waals surface area (Å²) in [5.74, 6) is -2.25. The van der Waals surface area contributed by atoms with Crippen molar-refractivity contribution in [2.45, 2.75) is 0 Å². The maximum absolute atomic E-state index is 9.98. The smallest absolute Gasteiger partial charge is 0.159 e. The predicted molar refractivity (Wildman–Crippen MR) is 128 cm³/mol. The second kappa shape index (κ2) is 6.54. The molecule has 0 aliphatic rings. The first-order valence-electron chi connectivity index (χ1n) is 10.5. The number of aromatic hydroxyl groups is 6. The lowest BCUT2D eigenvalue weighted by molar-refractivity contribution is 0.404. The molecule has 0 amide bonds. The van der Waals surface area contributed by atoms with Gasteiger partial charge in [0.05, 0.1) is 33.1 Å². The molecule has 0 saturated carbocycles. The van der Waals surface area contributed by atoms with Gasteiger partial charge in [-0.1, -0.05) is 0 Å². The van der Waals surface area contributed by atoms with Crippen LogP contribution in [0.25, 0.3) is 66.2 Å². The normalized spacial score (nSPS) is 12.0. The summed E-state index contributed by atoms with van der Waals surface area (Å²) in [6.07, 6.45) is 0. The average Bonchev–Trinajstić information content (AvgIpc) is 2.84. The van der Waals surface area contributed by atoms with Gasteiger partial charge in [-0.25, -0.2) is 29.9 Å². The van der Waals surface area contributed by atoms with Gasteiger partial charge >= 0.3 is 0 Å². The fraction of sp³-hybridized carbons (Fsp3) is 0. The fourth-order valence-corrected chi connectivity index (χ4v) is 4.23. The van der Waals surface area contributed by atoms with Crippen LogP contribution in [0.5, 0.6) is 34.5 Å². The van der Waals surface area contributed by atoms with Gasteiger partial charge in [-0.15, -0.1) is 0 Å². The number of rotatable bonds is 0. The molecule has 7 aromatic rings. The van der Waals surface area contributed by atoms with Crippen LogP contribution in [0, 0.1) is 0 Å². The van der Waals surface area contributed by atoms with Crippen LogP contribution in [0.3, 0.4) is 0 Å². The summed E-state index contributed by atoms with van der Waals surface area (Å²) in [4.78, 5) is 27.7. The van der Waals surface area contributed by atoms with Crippen molar-refractivity contribution in [2.75, 3.05) is 0 Å². The summed E-state index contributed by atoms with van der Waals surface area (Å²) in [6, 6.07) is 7.57. The molecular formula is C24H12N6O6. The van der Waals surface area contributed by atoms with Crippen LogP contribution in [0.4, 0.5) is 0 Å². The van der Waals surface area contributed by atoms with Gasteiger partial charge in [0.25, 0.3) is 0 Å². The van der Waals surface area contributed by atoms with Crippen LogP contribution in [0.2, 0.25) is 0 Å². The van der Waals surface area contributed by atoms with E-state index in [0.29, 0.717) is 0 Å². The van der Waals surface area contributed by atoms with E-state index in [1.165, 1.54) is 36.4 Å². The zero-order chi connectivity index (χ0) is 24.9. The predicted octanol–water partition coefficient (Wildman–Crippen LogP) is 3.21. The molecule has 0 aliphatic heterocycles. The number of benzene rings is 4. The first-order valence-corrected chi connectivity index (χ1v) is 10.5. The van der Waals surface area contributed by atoms with Crippen molar-refractivity contribution in [1.29, 1.82) is 0 Å². The van der Waals surface area contributed by atoms with Crippen LogP contribution in [0.1, 0.15) is 0 Å². The molecule has 3 heterocycles. The minimum absolute atomic E-state index is 0.258. The molecule has 0 aliphatic carbocycles. The molecule has 3 aromatic heterocycles. The zero-order valence-corrected chi connectivity index (χ0v) is 17.8. The molecule has 36 heavy (non-hydrogen) atoms. The fourth-order valence-electron chi connectivity index (χ4n) is 4.23. The minimum atomic E-state index is -0.376. The van der Waals surface area contributed by atoms with E-state index in [4.69, 9.17) is 0 Å². The number of hydrogen-bond acceptors (Lipinski definition) is 12. The second-order valence-corrected chi connectivity index (χ2v) is 8.25. The Kier molecular flexibility index (Phi) is 3.61. The van der Waals surface area contributed by atoms with Crippen LogP contribution < -0.4 is 0 Å². The highest BCUT2D eigenvalue weighted by atomic mass is 16.3. The summed E-state index contributed by atoms with van der Waals surface area (Å²) < 4.78 is 0. The maximum Gasteiger partial charge on any atom is 0.159 e. The van der Waals surface area contributed by atoms with Gasteiger partial charge in [0, 0.05) is 36.4 Å². The Balaban J connectivity index is 1.76. The molecule has 0 spiro atoms. The van der Waals surface area contributed by atoms with Crippen LogP contribution >= 0.6 is 0 Å². The van der Waals surface area contributed by atoms with Gasteiger partial charge in [-0.05, 0) is 0 Å². The molecule has 4 aromatic carbocycles. The first-order chi connectivity index (χ1) is 17.3. The molecule has 0 atom stereocenters. The number of fused-ring (bicyclic) bond motifs is 9. The van der Waals surface area contributed by atoms with Gasteiger partial charge < -0.3 is 30.6 Å². The topological polar surface area (TPSA) is 199 Å². The van der Waals surface area contributed by atoms with Crippen LogP contribution in [0.15, 0.2) is 36.4 Å². The lowest BCUT2D eigenvalue weighted by Crippen LogP contribution is -1.99. The van der Waals surface area contributed by atoms with E-state index in [1.807, 2.05) is 0 Å². The summed E-state index contributed by atoms with van der Waals surface area (Å²) in [5.41, 5.74) is 3.16. The van der Waals surface area contributed by atoms with E-state index in [2.05, 4.69) is 29.9 Å². The van der Waals surface area contributed by atoms with Gasteiger partial charge in [0.1, 0.15) is 33.1 Å². The SMILES string of the molecule is Oc1cc2nc3c4nc5cc(O)c(O)cc5nc4c4nc5cc(O)c(O)cc5nc4c3nc2cc1O. The molecule has 0 unspecified atom stereocenters. The summed E-state index contributed by atoms with van der Waals surface area (Å²) >= 11 is 0. The Hall–Kier alpha value is -5.52. The molecule has 12 heteroatoms. The molecule has 0 fully saturated rings. The number of aromatic nitrogens is 6. The largest absolute Gasteiger partial charge is 0.504 e. The number of phenols is 6. The number of nitrogens with zero attached hydrogens (tertiary/aromatic N) is 6. The minimum Gasteiger partial charge on any atom is -0.504 e. The third-order valence-electron chi connectivity index (χ3n) is 5.95. The van der Waals surface area contributed by atoms with Crippen molar-refractivity contribution in [3.05, 3.63) is 36.4 Å². The number of phenolic OH excluding ortho intramolecular Hbond substituents is 6. The zero-order valence-electron chi connectivity index (χ0n) is 17.8. The summed E-state index contributed by atoms with van der Waals surface area (Å²) in [6.45, 7) is 0. The van der Waals surface area contributed by atoms with Crippen LogP contribution in [-0.4, -0.2) is 60.5 Å². The first kappa shape index (κ1) is 19.9. The molecule has 174 valence electrons. The second-order valence-electron chi connectivity index (χ2n) is 8.25. The summed E-state index contributed by atoms with van der Waals surface area (Å²) in [7, 11) is 0. The standard InChI is InChI=1S/C24H12N6O6/c31-13-1-7-8(2-14(13)32)26-20-19(25-7)21-23(29-10-4-16(34)15(33)3-9(10)27-21)24-22(20)28-11-5-17(35)18(36)6-12(11)30-24/h1-6,31-36H. The highest BCUT2D eigenvalue weighted by Crippen LogP contribution is 2.37. The van der Waals surface area contributed by atoms with Crippen molar-refractivity contribution < 1.29 is 30.6 Å². The number of hydrogen-bond donors (Lipinski definition) is 6. The highest BCUT2D eigenvalue weighted by Gasteiger charge is 2.20. The molecular weight excluding hydrogens is 468 g/mol. The van der Waals surface area contributed by atoms with Gasteiger partial charge in [-0.2, -0.15) is 0 Å². The Labute approximate surface area is 198 Å². The van der Waals surface area contributed by atoms with Gasteiger partial charge in [0.2, 0.25) is 0 Å². The molecule has 0 bridgehead atoms. The van der Waals surface area contributed by atoms with E-state index in [0.717, 1.165) is 0 Å². The van der Waals surface area contributed by atoms with E-state index >= 15 is 0 Å². The van der Waals surface area contributed by atoms with Crippen molar-refractivity contribution >= 4 is 66.2 Å². The Bertz CT molecular complexity index is 1710. The van der Waals surface area contributed by atoms with Crippen molar-refractivity contribution in [3.63, 3.8) is 0 Å². The molecule has 0 saturated heterocycles. The van der Waals surface area contributed by atoms with Crippen molar-refractivity contribution in [3.8, 4) is 34.5 Å². The third kappa shape index (κ3) is 2.63. The van der Waals surface area contributed by atoms with E-state index in [1.54, 1.807) is 0 Å². The Morgan fingerprint density at radius 1 is 0.278 bits per heavy atom. The van der Waals surface area contributed by atoms with Crippen molar-refractivity contribution in [2.24, 2.45) is 0 Å². The molecule has 0 radical (unpaired) electrons.